The van der Waals surface area contributed by atoms with E-state index >= 15 is 0 Å². The van der Waals surface area contributed by atoms with Crippen molar-refractivity contribution in [2.75, 3.05) is 39.3 Å². The average Bonchev–Trinajstić information content (AvgIpc) is 2.12. The van der Waals surface area contributed by atoms with E-state index in [1.807, 2.05) is 0 Å². The number of hydrogen-bond acceptors (Lipinski definition) is 3. The molecule has 0 bridgehead atoms. The first-order chi connectivity index (χ1) is 6.27. The van der Waals surface area contributed by atoms with Crippen LogP contribution in [0.2, 0.25) is 0 Å². The van der Waals surface area contributed by atoms with E-state index in [1.54, 1.807) is 7.11 Å². The van der Waals surface area contributed by atoms with Crippen LogP contribution in [0.3, 0.4) is 0 Å². The zero-order chi connectivity index (χ0) is 9.68. The number of methoxy groups -OCH3 is 1. The lowest BCUT2D eigenvalue weighted by molar-refractivity contribution is -0.0823. The highest BCUT2D eigenvalue weighted by Crippen LogP contribution is 2.11. The number of alkyl halides is 1. The summed E-state index contributed by atoms with van der Waals surface area (Å²) in [6.07, 6.45) is 0.212. The largest absolute Gasteiger partial charge is 0.382 e. The van der Waals surface area contributed by atoms with E-state index in [4.69, 9.17) is 21.1 Å². The standard InChI is InChI=1S/C9H18ClNO2.ClH/c1-8-6-13-9(7-12-2)5-11(8)4-3-10;/h8-9H,3-7H2,1-2H3;1H/t8-,9-;/m0./s1. The van der Waals surface area contributed by atoms with Crippen LogP contribution in [0, 0.1) is 0 Å². The lowest BCUT2D eigenvalue weighted by Gasteiger charge is -2.37. The molecule has 1 aliphatic rings. The fourth-order valence-corrected chi connectivity index (χ4v) is 1.80. The summed E-state index contributed by atoms with van der Waals surface area (Å²) in [6, 6.07) is 0.479. The summed E-state index contributed by atoms with van der Waals surface area (Å²) < 4.78 is 10.7. The monoisotopic (exact) mass is 243 g/mol. The van der Waals surface area contributed by atoms with Gasteiger partial charge < -0.3 is 9.47 Å². The summed E-state index contributed by atoms with van der Waals surface area (Å²) in [5.41, 5.74) is 0. The Labute approximate surface area is 97.1 Å². The third-order valence-corrected chi connectivity index (χ3v) is 2.53. The molecule has 0 spiro atoms. The molecule has 0 aliphatic carbocycles. The number of morpholine rings is 1. The second-order valence-electron chi connectivity index (χ2n) is 3.44. The van der Waals surface area contributed by atoms with Crippen LogP contribution in [-0.4, -0.2) is 56.3 Å². The molecule has 1 heterocycles. The molecule has 0 N–H and O–H groups in total. The normalized spacial score (nSPS) is 28.5. The highest BCUT2D eigenvalue weighted by Gasteiger charge is 2.25. The maximum atomic E-state index is 5.71. The van der Waals surface area contributed by atoms with Crippen LogP contribution in [0.4, 0.5) is 0 Å². The smallest absolute Gasteiger partial charge is 0.0935 e. The van der Waals surface area contributed by atoms with Crippen molar-refractivity contribution in [3.8, 4) is 0 Å². The van der Waals surface area contributed by atoms with Gasteiger partial charge in [-0.3, -0.25) is 4.90 Å². The van der Waals surface area contributed by atoms with E-state index < -0.39 is 0 Å². The van der Waals surface area contributed by atoms with Crippen LogP contribution in [0.1, 0.15) is 6.92 Å². The summed E-state index contributed by atoms with van der Waals surface area (Å²) in [7, 11) is 1.70. The highest BCUT2D eigenvalue weighted by atomic mass is 35.5. The molecule has 5 heteroatoms. The lowest BCUT2D eigenvalue weighted by atomic mass is 10.2. The molecule has 3 nitrogen and oxygen atoms in total. The number of rotatable bonds is 4. The topological polar surface area (TPSA) is 21.7 Å². The highest BCUT2D eigenvalue weighted by molar-refractivity contribution is 6.18. The Balaban J connectivity index is 0.00000169. The molecule has 0 aromatic carbocycles. The van der Waals surface area contributed by atoms with Crippen molar-refractivity contribution in [1.29, 1.82) is 0 Å². The molecule has 1 aliphatic heterocycles. The predicted octanol–water partition coefficient (Wildman–Crippen LogP) is 1.38. The van der Waals surface area contributed by atoms with E-state index in [1.165, 1.54) is 0 Å². The number of halogens is 2. The van der Waals surface area contributed by atoms with Crippen LogP contribution in [-0.2, 0) is 9.47 Å². The Morgan fingerprint density at radius 3 is 2.86 bits per heavy atom. The van der Waals surface area contributed by atoms with Crippen LogP contribution < -0.4 is 0 Å². The summed E-state index contributed by atoms with van der Waals surface area (Å²) in [5, 5.41) is 0. The molecule has 2 atom stereocenters. The molecule has 1 rings (SSSR count). The number of ether oxygens (including phenoxy) is 2. The summed E-state index contributed by atoms with van der Waals surface area (Å²) in [5.74, 6) is 0.685. The first-order valence-electron chi connectivity index (χ1n) is 4.68. The van der Waals surface area contributed by atoms with E-state index in [0.717, 1.165) is 19.7 Å². The second-order valence-corrected chi connectivity index (χ2v) is 3.82. The zero-order valence-electron chi connectivity index (χ0n) is 8.74. The SMILES string of the molecule is COC[C@@H]1CN(CCCl)[C@@H](C)CO1.Cl. The predicted molar refractivity (Wildman–Crippen MR) is 60.6 cm³/mol. The Hall–Kier alpha value is 0.460. The average molecular weight is 244 g/mol. The Bertz CT molecular complexity index is 149. The fraction of sp³-hybridized carbons (Fsp3) is 1.00. The second kappa shape index (κ2) is 7.71. The molecular formula is C9H19Cl2NO2. The van der Waals surface area contributed by atoms with Crippen molar-refractivity contribution in [3.63, 3.8) is 0 Å². The van der Waals surface area contributed by atoms with Crippen molar-refractivity contribution in [2.24, 2.45) is 0 Å². The maximum absolute atomic E-state index is 5.71. The molecule has 0 radical (unpaired) electrons. The minimum absolute atomic E-state index is 0. The van der Waals surface area contributed by atoms with Crippen molar-refractivity contribution < 1.29 is 9.47 Å². The van der Waals surface area contributed by atoms with Crippen molar-refractivity contribution in [3.05, 3.63) is 0 Å². The van der Waals surface area contributed by atoms with Gasteiger partial charge in [-0.25, -0.2) is 0 Å². The molecule has 86 valence electrons. The summed E-state index contributed by atoms with van der Waals surface area (Å²) >= 11 is 5.71. The first kappa shape index (κ1) is 14.5. The molecule has 0 aromatic rings. The molecule has 0 amide bonds. The lowest BCUT2D eigenvalue weighted by Crippen LogP contribution is -2.50. The Morgan fingerprint density at radius 2 is 2.29 bits per heavy atom. The van der Waals surface area contributed by atoms with Gasteiger partial charge in [0.25, 0.3) is 0 Å². The Kier molecular flexibility index (Phi) is 7.97. The Morgan fingerprint density at radius 1 is 1.57 bits per heavy atom. The fourth-order valence-electron chi connectivity index (χ4n) is 1.58. The van der Waals surface area contributed by atoms with Crippen LogP contribution >= 0.6 is 24.0 Å². The molecule has 0 aromatic heterocycles. The number of nitrogens with zero attached hydrogens (tertiary/aromatic N) is 1. The van der Waals surface area contributed by atoms with Gasteiger partial charge in [0.2, 0.25) is 0 Å². The van der Waals surface area contributed by atoms with Gasteiger partial charge in [-0.1, -0.05) is 0 Å². The van der Waals surface area contributed by atoms with Gasteiger partial charge >= 0.3 is 0 Å². The van der Waals surface area contributed by atoms with Crippen LogP contribution in [0.25, 0.3) is 0 Å². The van der Waals surface area contributed by atoms with Gasteiger partial charge in [-0.15, -0.1) is 24.0 Å². The van der Waals surface area contributed by atoms with Crippen molar-refractivity contribution in [2.45, 2.75) is 19.1 Å². The molecule has 14 heavy (non-hydrogen) atoms. The van der Waals surface area contributed by atoms with E-state index in [0.29, 0.717) is 18.5 Å². The summed E-state index contributed by atoms with van der Waals surface area (Å²) in [4.78, 5) is 2.35. The van der Waals surface area contributed by atoms with Crippen LogP contribution in [0.15, 0.2) is 0 Å². The minimum Gasteiger partial charge on any atom is -0.382 e. The van der Waals surface area contributed by atoms with Gasteiger partial charge in [0, 0.05) is 32.1 Å². The maximum Gasteiger partial charge on any atom is 0.0935 e. The zero-order valence-corrected chi connectivity index (χ0v) is 10.3. The molecule has 0 saturated carbocycles. The third kappa shape index (κ3) is 4.32. The van der Waals surface area contributed by atoms with Gasteiger partial charge in [0.1, 0.15) is 0 Å². The molecular weight excluding hydrogens is 225 g/mol. The summed E-state index contributed by atoms with van der Waals surface area (Å²) in [6.45, 7) is 5.49. The quantitative estimate of drug-likeness (QED) is 0.697. The third-order valence-electron chi connectivity index (χ3n) is 2.36. The number of hydrogen-bond donors (Lipinski definition) is 0. The van der Waals surface area contributed by atoms with Gasteiger partial charge in [0.15, 0.2) is 0 Å². The van der Waals surface area contributed by atoms with E-state index in [9.17, 15) is 0 Å². The van der Waals surface area contributed by atoms with Gasteiger partial charge in [0.05, 0.1) is 19.3 Å². The van der Waals surface area contributed by atoms with E-state index in [2.05, 4.69) is 11.8 Å². The van der Waals surface area contributed by atoms with E-state index in [-0.39, 0.29) is 18.5 Å². The molecule has 1 saturated heterocycles. The van der Waals surface area contributed by atoms with Gasteiger partial charge in [-0.2, -0.15) is 0 Å². The molecule has 0 unspecified atom stereocenters. The minimum atomic E-state index is 0. The van der Waals surface area contributed by atoms with Crippen LogP contribution in [0.5, 0.6) is 0 Å². The van der Waals surface area contributed by atoms with Crippen molar-refractivity contribution >= 4 is 24.0 Å². The first-order valence-corrected chi connectivity index (χ1v) is 5.22. The van der Waals surface area contributed by atoms with Gasteiger partial charge in [-0.05, 0) is 6.92 Å². The van der Waals surface area contributed by atoms with Crippen molar-refractivity contribution in [1.82, 2.24) is 4.90 Å². The molecule has 1 fully saturated rings.